The van der Waals surface area contributed by atoms with E-state index in [1.807, 2.05) is 35.9 Å². The Morgan fingerprint density at radius 1 is 1.20 bits per heavy atom. The van der Waals surface area contributed by atoms with Crippen molar-refractivity contribution in [3.05, 3.63) is 41.1 Å². The SMILES string of the molecule is Cc1ccccc1-n1nc2c(c1NC(=O)C1CCCCC1)CS(=O)C2. The number of para-hydroxylation sites is 1. The lowest BCUT2D eigenvalue weighted by Gasteiger charge is -2.21. The molecule has 1 saturated carbocycles. The van der Waals surface area contributed by atoms with Gasteiger partial charge in [0.1, 0.15) is 5.82 Å². The summed E-state index contributed by atoms with van der Waals surface area (Å²) in [6.07, 6.45) is 5.38. The average molecular weight is 357 g/mol. The molecule has 0 bridgehead atoms. The number of anilines is 1. The summed E-state index contributed by atoms with van der Waals surface area (Å²) in [4.78, 5) is 12.8. The fourth-order valence-electron chi connectivity index (χ4n) is 3.82. The first-order valence-corrected chi connectivity index (χ1v) is 10.4. The van der Waals surface area contributed by atoms with Gasteiger partial charge in [0.15, 0.2) is 0 Å². The number of carbonyl (C=O) groups excluding carboxylic acids is 1. The Balaban J connectivity index is 1.71. The Morgan fingerprint density at radius 2 is 1.96 bits per heavy atom. The van der Waals surface area contributed by atoms with Crippen molar-refractivity contribution < 1.29 is 9.00 Å². The second-order valence-electron chi connectivity index (χ2n) is 7.02. The van der Waals surface area contributed by atoms with Crippen LogP contribution >= 0.6 is 0 Å². The van der Waals surface area contributed by atoms with E-state index in [1.54, 1.807) is 0 Å². The van der Waals surface area contributed by atoms with Crippen molar-refractivity contribution in [2.24, 2.45) is 5.92 Å². The van der Waals surface area contributed by atoms with Crippen molar-refractivity contribution in [2.45, 2.75) is 50.5 Å². The molecule has 5 nitrogen and oxygen atoms in total. The summed E-state index contributed by atoms with van der Waals surface area (Å²) < 4.78 is 13.8. The predicted molar refractivity (Wildman–Crippen MR) is 99.1 cm³/mol. The summed E-state index contributed by atoms with van der Waals surface area (Å²) in [6, 6.07) is 8.00. The molecule has 1 fully saturated rings. The molecular weight excluding hydrogens is 334 g/mol. The zero-order valence-electron chi connectivity index (χ0n) is 14.5. The number of nitrogens with zero attached hydrogens (tertiary/aromatic N) is 2. The van der Waals surface area contributed by atoms with Gasteiger partial charge >= 0.3 is 0 Å². The van der Waals surface area contributed by atoms with E-state index in [2.05, 4.69) is 10.4 Å². The molecular formula is C19H23N3O2S. The molecule has 1 atom stereocenters. The van der Waals surface area contributed by atoms with Crippen molar-refractivity contribution in [1.82, 2.24) is 9.78 Å². The fraction of sp³-hybridized carbons (Fsp3) is 0.474. The van der Waals surface area contributed by atoms with Gasteiger partial charge in [-0.3, -0.25) is 9.00 Å². The quantitative estimate of drug-likeness (QED) is 0.915. The van der Waals surface area contributed by atoms with E-state index in [9.17, 15) is 9.00 Å². The minimum Gasteiger partial charge on any atom is -0.310 e. The van der Waals surface area contributed by atoms with Crippen LogP contribution in [0.4, 0.5) is 5.82 Å². The number of aryl methyl sites for hydroxylation is 1. The second-order valence-corrected chi connectivity index (χ2v) is 8.48. The van der Waals surface area contributed by atoms with Gasteiger partial charge in [0, 0.05) is 22.3 Å². The summed E-state index contributed by atoms with van der Waals surface area (Å²) in [5.74, 6) is 1.82. The molecule has 1 aromatic heterocycles. The Hall–Kier alpha value is -1.95. The van der Waals surface area contributed by atoms with Crippen LogP contribution in [0.5, 0.6) is 0 Å². The molecule has 2 aliphatic rings. The number of fused-ring (bicyclic) bond motifs is 1. The van der Waals surface area contributed by atoms with E-state index in [-0.39, 0.29) is 11.8 Å². The first-order valence-electron chi connectivity index (χ1n) is 8.96. The van der Waals surface area contributed by atoms with Gasteiger partial charge in [-0.1, -0.05) is 37.5 Å². The number of aromatic nitrogens is 2. The number of carbonyl (C=O) groups is 1. The number of nitrogens with one attached hydrogen (secondary N) is 1. The third kappa shape index (κ3) is 3.15. The first-order chi connectivity index (χ1) is 12.1. The molecule has 1 aliphatic heterocycles. The Bertz CT molecular complexity index is 837. The predicted octanol–water partition coefficient (Wildman–Crippen LogP) is 3.46. The molecule has 4 rings (SSSR count). The second kappa shape index (κ2) is 6.75. The molecule has 0 saturated heterocycles. The average Bonchev–Trinajstić information content (AvgIpc) is 3.13. The highest BCUT2D eigenvalue weighted by molar-refractivity contribution is 7.83. The van der Waals surface area contributed by atoms with Gasteiger partial charge in [-0.2, -0.15) is 5.10 Å². The van der Waals surface area contributed by atoms with Crippen LogP contribution in [0.2, 0.25) is 0 Å². The number of benzene rings is 1. The van der Waals surface area contributed by atoms with Gasteiger partial charge in [-0.15, -0.1) is 0 Å². The normalized spacial score (nSPS) is 20.4. The van der Waals surface area contributed by atoms with Crippen molar-refractivity contribution in [2.75, 3.05) is 5.32 Å². The van der Waals surface area contributed by atoms with Crippen LogP contribution in [0.3, 0.4) is 0 Å². The number of rotatable bonds is 3. The molecule has 0 spiro atoms. The molecule has 1 aromatic carbocycles. The minimum absolute atomic E-state index is 0.0786. The maximum Gasteiger partial charge on any atom is 0.228 e. The molecule has 25 heavy (non-hydrogen) atoms. The van der Waals surface area contributed by atoms with Crippen molar-refractivity contribution >= 4 is 22.5 Å². The van der Waals surface area contributed by atoms with Crippen molar-refractivity contribution in [1.29, 1.82) is 0 Å². The topological polar surface area (TPSA) is 64.0 Å². The fourth-order valence-corrected chi connectivity index (χ4v) is 5.08. The molecule has 1 N–H and O–H groups in total. The van der Waals surface area contributed by atoms with Crippen LogP contribution < -0.4 is 5.32 Å². The highest BCUT2D eigenvalue weighted by atomic mass is 32.2. The van der Waals surface area contributed by atoms with E-state index >= 15 is 0 Å². The smallest absolute Gasteiger partial charge is 0.228 e. The summed E-state index contributed by atoms with van der Waals surface area (Å²) in [7, 11) is -0.915. The number of hydrogen-bond donors (Lipinski definition) is 1. The Kier molecular flexibility index (Phi) is 4.46. The summed E-state index contributed by atoms with van der Waals surface area (Å²) in [5, 5.41) is 7.81. The van der Waals surface area contributed by atoms with Crippen LogP contribution in [0.15, 0.2) is 24.3 Å². The lowest BCUT2D eigenvalue weighted by molar-refractivity contribution is -0.120. The standard InChI is InChI=1S/C19H23N3O2S/c1-13-7-5-6-10-17(13)22-18(15-11-25(24)12-16(15)21-22)20-19(23)14-8-3-2-4-9-14/h5-7,10,14H,2-4,8-9,11-12H2,1H3,(H,20,23). The summed E-state index contributed by atoms with van der Waals surface area (Å²) in [5.41, 5.74) is 3.84. The summed E-state index contributed by atoms with van der Waals surface area (Å²) in [6.45, 7) is 2.03. The monoisotopic (exact) mass is 357 g/mol. The molecule has 2 heterocycles. The van der Waals surface area contributed by atoms with Crippen LogP contribution in [-0.2, 0) is 27.1 Å². The van der Waals surface area contributed by atoms with Gasteiger partial charge in [0.05, 0.1) is 22.9 Å². The largest absolute Gasteiger partial charge is 0.310 e. The summed E-state index contributed by atoms with van der Waals surface area (Å²) >= 11 is 0. The lowest BCUT2D eigenvalue weighted by atomic mass is 9.88. The first kappa shape index (κ1) is 16.5. The lowest BCUT2D eigenvalue weighted by Crippen LogP contribution is -2.26. The molecule has 6 heteroatoms. The van der Waals surface area contributed by atoms with Crippen LogP contribution in [0.1, 0.15) is 48.9 Å². The highest BCUT2D eigenvalue weighted by Crippen LogP contribution is 2.33. The van der Waals surface area contributed by atoms with E-state index in [0.717, 1.165) is 48.2 Å². The molecule has 2 aromatic rings. The van der Waals surface area contributed by atoms with Gasteiger partial charge in [0.2, 0.25) is 5.91 Å². The van der Waals surface area contributed by atoms with Gasteiger partial charge in [-0.05, 0) is 31.4 Å². The zero-order valence-corrected chi connectivity index (χ0v) is 15.3. The van der Waals surface area contributed by atoms with E-state index in [0.29, 0.717) is 17.3 Å². The number of amides is 1. The van der Waals surface area contributed by atoms with Crippen LogP contribution in [-0.4, -0.2) is 19.9 Å². The minimum atomic E-state index is -0.915. The Labute approximate surface area is 150 Å². The number of hydrogen-bond acceptors (Lipinski definition) is 3. The molecule has 0 radical (unpaired) electrons. The van der Waals surface area contributed by atoms with Gasteiger partial charge < -0.3 is 5.32 Å². The third-order valence-corrected chi connectivity index (χ3v) is 6.44. The molecule has 1 unspecified atom stereocenters. The zero-order chi connectivity index (χ0) is 17.4. The van der Waals surface area contributed by atoms with Gasteiger partial charge in [-0.25, -0.2) is 4.68 Å². The Morgan fingerprint density at radius 3 is 2.72 bits per heavy atom. The highest BCUT2D eigenvalue weighted by Gasteiger charge is 2.30. The third-order valence-electron chi connectivity index (χ3n) is 5.23. The van der Waals surface area contributed by atoms with Crippen LogP contribution in [0, 0.1) is 12.8 Å². The maximum atomic E-state index is 12.8. The van der Waals surface area contributed by atoms with E-state index in [4.69, 9.17) is 0 Å². The van der Waals surface area contributed by atoms with E-state index < -0.39 is 10.8 Å². The maximum absolute atomic E-state index is 12.8. The van der Waals surface area contributed by atoms with Crippen molar-refractivity contribution in [3.63, 3.8) is 0 Å². The molecule has 1 aliphatic carbocycles. The molecule has 132 valence electrons. The van der Waals surface area contributed by atoms with Crippen molar-refractivity contribution in [3.8, 4) is 5.69 Å². The van der Waals surface area contributed by atoms with E-state index in [1.165, 1.54) is 6.42 Å². The van der Waals surface area contributed by atoms with Gasteiger partial charge in [0.25, 0.3) is 0 Å². The molecule has 1 amide bonds. The van der Waals surface area contributed by atoms with Crippen LogP contribution in [0.25, 0.3) is 5.69 Å².